The molecule has 1 atom stereocenters. The van der Waals surface area contributed by atoms with E-state index in [2.05, 4.69) is 32.2 Å². The molecule has 6 heteroatoms. The molecular formula is C22H27FN4O. The van der Waals surface area contributed by atoms with Crippen LogP contribution >= 0.6 is 0 Å². The van der Waals surface area contributed by atoms with Crippen LogP contribution in [-0.2, 0) is 10.2 Å². The van der Waals surface area contributed by atoms with Crippen molar-refractivity contribution in [3.05, 3.63) is 47.5 Å². The van der Waals surface area contributed by atoms with Gasteiger partial charge in [0, 0.05) is 30.2 Å². The molecule has 0 aliphatic carbocycles. The molecule has 0 bridgehead atoms. The molecule has 4 rings (SSSR count). The minimum atomic E-state index is -0.250. The maximum Gasteiger partial charge on any atom is 0.165 e. The average molecular weight is 382 g/mol. The number of nitrogens with zero attached hydrogens (tertiary/aromatic N) is 3. The van der Waals surface area contributed by atoms with Crippen molar-refractivity contribution in [1.82, 2.24) is 14.6 Å². The van der Waals surface area contributed by atoms with Crippen LogP contribution in [0.1, 0.15) is 45.0 Å². The third-order valence-electron chi connectivity index (χ3n) is 5.20. The summed E-state index contributed by atoms with van der Waals surface area (Å²) in [5, 5.41) is 8.26. The largest absolute Gasteiger partial charge is 0.376 e. The zero-order valence-corrected chi connectivity index (χ0v) is 16.9. The van der Waals surface area contributed by atoms with Gasteiger partial charge in [0.1, 0.15) is 11.6 Å². The van der Waals surface area contributed by atoms with E-state index in [1.807, 2.05) is 11.4 Å². The lowest BCUT2D eigenvalue weighted by Gasteiger charge is -2.20. The van der Waals surface area contributed by atoms with Crippen LogP contribution in [-0.4, -0.2) is 33.9 Å². The number of benzene rings is 1. The number of anilines is 1. The first kappa shape index (κ1) is 18.9. The molecule has 2 aromatic heterocycles. The highest BCUT2D eigenvalue weighted by Crippen LogP contribution is 2.32. The molecule has 0 saturated carbocycles. The van der Waals surface area contributed by atoms with Crippen molar-refractivity contribution in [3.8, 4) is 11.1 Å². The van der Waals surface area contributed by atoms with Gasteiger partial charge in [0.05, 0.1) is 17.5 Å². The summed E-state index contributed by atoms with van der Waals surface area (Å²) in [4.78, 5) is 4.94. The highest BCUT2D eigenvalue weighted by atomic mass is 19.1. The Morgan fingerprint density at radius 2 is 2.00 bits per heavy atom. The first-order chi connectivity index (χ1) is 13.3. The molecule has 0 unspecified atom stereocenters. The third-order valence-corrected chi connectivity index (χ3v) is 5.20. The third kappa shape index (κ3) is 3.61. The summed E-state index contributed by atoms with van der Waals surface area (Å²) in [6, 6.07) is 8.59. The fourth-order valence-corrected chi connectivity index (χ4v) is 3.61. The van der Waals surface area contributed by atoms with Gasteiger partial charge in [-0.25, -0.2) is 9.37 Å². The second-order valence-electron chi connectivity index (χ2n) is 8.50. The molecule has 28 heavy (non-hydrogen) atoms. The Bertz CT molecular complexity index is 982. The first-order valence-electron chi connectivity index (χ1n) is 9.85. The fraction of sp³-hybridized carbons (Fsp3) is 0.455. The quantitative estimate of drug-likeness (QED) is 0.709. The second kappa shape index (κ2) is 7.17. The normalized spacial score (nSPS) is 17.4. The van der Waals surface area contributed by atoms with Crippen molar-refractivity contribution in [2.75, 3.05) is 18.5 Å². The van der Waals surface area contributed by atoms with E-state index in [1.165, 1.54) is 12.1 Å². The lowest BCUT2D eigenvalue weighted by atomic mass is 9.92. The molecule has 0 amide bonds. The van der Waals surface area contributed by atoms with Crippen LogP contribution in [0.2, 0.25) is 0 Å². The topological polar surface area (TPSA) is 51.5 Å². The van der Waals surface area contributed by atoms with Gasteiger partial charge in [-0.2, -0.15) is 9.61 Å². The van der Waals surface area contributed by atoms with Gasteiger partial charge >= 0.3 is 0 Å². The van der Waals surface area contributed by atoms with Gasteiger partial charge in [0.25, 0.3) is 0 Å². The number of aryl methyl sites for hydroxylation is 1. The SMILES string of the molecule is Cc1nn2c(NC[C@H]3CCCO3)cc(C(C)(C)C)nc2c1-c1ccc(F)cc1. The monoisotopic (exact) mass is 382 g/mol. The number of nitrogens with one attached hydrogen (secondary N) is 1. The predicted molar refractivity (Wildman–Crippen MR) is 109 cm³/mol. The van der Waals surface area contributed by atoms with Gasteiger partial charge in [-0.3, -0.25) is 0 Å². The van der Waals surface area contributed by atoms with Crippen LogP contribution in [0.5, 0.6) is 0 Å². The van der Waals surface area contributed by atoms with E-state index in [4.69, 9.17) is 14.8 Å². The number of fused-ring (bicyclic) bond motifs is 1. The van der Waals surface area contributed by atoms with E-state index in [9.17, 15) is 4.39 Å². The zero-order valence-electron chi connectivity index (χ0n) is 16.9. The van der Waals surface area contributed by atoms with E-state index in [0.717, 1.165) is 60.0 Å². The van der Waals surface area contributed by atoms with Gasteiger partial charge in [-0.15, -0.1) is 0 Å². The number of hydrogen-bond acceptors (Lipinski definition) is 4. The van der Waals surface area contributed by atoms with E-state index < -0.39 is 0 Å². The number of halogens is 1. The van der Waals surface area contributed by atoms with Crippen molar-refractivity contribution in [3.63, 3.8) is 0 Å². The molecule has 5 nitrogen and oxygen atoms in total. The number of rotatable bonds is 4. The molecule has 3 heterocycles. The minimum absolute atomic E-state index is 0.111. The predicted octanol–water partition coefficient (Wildman–Crippen LogP) is 4.73. The molecule has 148 valence electrons. The van der Waals surface area contributed by atoms with Crippen LogP contribution in [0.3, 0.4) is 0 Å². The maximum absolute atomic E-state index is 13.4. The van der Waals surface area contributed by atoms with E-state index >= 15 is 0 Å². The lowest BCUT2D eigenvalue weighted by molar-refractivity contribution is 0.120. The van der Waals surface area contributed by atoms with E-state index in [0.29, 0.717) is 0 Å². The van der Waals surface area contributed by atoms with Crippen LogP contribution in [0, 0.1) is 12.7 Å². The lowest BCUT2D eigenvalue weighted by Crippen LogP contribution is -2.21. The minimum Gasteiger partial charge on any atom is -0.376 e. The van der Waals surface area contributed by atoms with Crippen molar-refractivity contribution in [2.45, 2.75) is 52.1 Å². The Morgan fingerprint density at radius 1 is 1.25 bits per heavy atom. The van der Waals surface area contributed by atoms with Gasteiger partial charge in [-0.1, -0.05) is 32.9 Å². The summed E-state index contributed by atoms with van der Waals surface area (Å²) in [6.07, 6.45) is 2.42. The molecule has 1 aliphatic heterocycles. The molecular weight excluding hydrogens is 355 g/mol. The van der Waals surface area contributed by atoms with Gasteiger partial charge in [0.15, 0.2) is 5.65 Å². The second-order valence-corrected chi connectivity index (χ2v) is 8.50. The van der Waals surface area contributed by atoms with Crippen LogP contribution in [0.25, 0.3) is 16.8 Å². The Hall–Kier alpha value is -2.47. The van der Waals surface area contributed by atoms with E-state index in [-0.39, 0.29) is 17.3 Å². The summed E-state index contributed by atoms with van der Waals surface area (Å²) < 4.78 is 21.0. The molecule has 1 aromatic carbocycles. The highest BCUT2D eigenvalue weighted by Gasteiger charge is 2.23. The van der Waals surface area contributed by atoms with Crippen molar-refractivity contribution in [1.29, 1.82) is 0 Å². The Balaban J connectivity index is 1.83. The molecule has 0 radical (unpaired) electrons. The van der Waals surface area contributed by atoms with Gasteiger partial charge < -0.3 is 10.1 Å². The molecule has 1 aliphatic rings. The van der Waals surface area contributed by atoms with Crippen molar-refractivity contribution < 1.29 is 9.13 Å². The summed E-state index contributed by atoms with van der Waals surface area (Å²) in [6.45, 7) is 9.99. The van der Waals surface area contributed by atoms with Crippen LogP contribution < -0.4 is 5.32 Å². The summed E-state index contributed by atoms with van der Waals surface area (Å²) >= 11 is 0. The average Bonchev–Trinajstić information content (AvgIpc) is 3.27. The summed E-state index contributed by atoms with van der Waals surface area (Å²) in [7, 11) is 0. The van der Waals surface area contributed by atoms with Crippen molar-refractivity contribution in [2.24, 2.45) is 0 Å². The Kier molecular flexibility index (Phi) is 4.83. The highest BCUT2D eigenvalue weighted by molar-refractivity contribution is 5.81. The zero-order chi connectivity index (χ0) is 19.9. The van der Waals surface area contributed by atoms with Crippen molar-refractivity contribution >= 4 is 11.5 Å². The molecule has 1 saturated heterocycles. The van der Waals surface area contributed by atoms with Crippen LogP contribution in [0.15, 0.2) is 30.3 Å². The Labute approximate surface area is 164 Å². The number of aromatic nitrogens is 3. The van der Waals surface area contributed by atoms with Crippen LogP contribution in [0.4, 0.5) is 10.2 Å². The molecule has 3 aromatic rings. The smallest absolute Gasteiger partial charge is 0.165 e. The fourth-order valence-electron chi connectivity index (χ4n) is 3.61. The molecule has 1 N–H and O–H groups in total. The Morgan fingerprint density at radius 3 is 2.64 bits per heavy atom. The van der Waals surface area contributed by atoms with Gasteiger partial charge in [-0.05, 0) is 37.5 Å². The van der Waals surface area contributed by atoms with Gasteiger partial charge in [0.2, 0.25) is 0 Å². The maximum atomic E-state index is 13.4. The number of hydrogen-bond donors (Lipinski definition) is 1. The first-order valence-corrected chi connectivity index (χ1v) is 9.85. The molecule has 0 spiro atoms. The molecule has 1 fully saturated rings. The standard InChI is InChI=1S/C22H27FN4O/c1-14-20(15-7-9-16(23)10-8-15)21-25-18(22(2,3)4)12-19(27(21)26-14)24-13-17-6-5-11-28-17/h7-10,12,17,24H,5-6,11,13H2,1-4H3/t17-/m1/s1. The summed E-state index contributed by atoms with van der Waals surface area (Å²) in [5.41, 5.74) is 4.37. The number of ether oxygens (including phenoxy) is 1. The van der Waals surface area contributed by atoms with E-state index in [1.54, 1.807) is 12.1 Å². The summed E-state index contributed by atoms with van der Waals surface area (Å²) in [5.74, 6) is 0.655.